The van der Waals surface area contributed by atoms with E-state index in [4.69, 9.17) is 0 Å². The molecule has 0 radical (unpaired) electrons. The minimum Gasteiger partial charge on any atom is -0.292 e. The number of nitrogens with zero attached hydrogens (tertiary/aromatic N) is 2. The van der Waals surface area contributed by atoms with E-state index in [1.54, 1.807) is 54.9 Å². The van der Waals surface area contributed by atoms with Crippen molar-refractivity contribution in [1.29, 1.82) is 5.26 Å². The number of hydrogen-bond donors (Lipinski definition) is 0. The number of nitriles is 1. The van der Waals surface area contributed by atoms with E-state index in [1.807, 2.05) is 6.07 Å². The average molecular weight is 284 g/mol. The second kappa shape index (κ2) is 6.22. The zero-order chi connectivity index (χ0) is 14.5. The van der Waals surface area contributed by atoms with E-state index in [9.17, 15) is 14.3 Å². The Labute approximate surface area is 119 Å². The zero-order valence-electron chi connectivity index (χ0n) is 10.8. The largest absolute Gasteiger partial charge is 0.292 e. The fourth-order valence-electron chi connectivity index (χ4n) is 1.78. The second-order valence-electron chi connectivity index (χ2n) is 4.16. The quantitative estimate of drug-likeness (QED) is 0.808. The number of Topliss-reactive ketones (excluding diaryl/α,β-unsaturated/α-hetero) is 1. The van der Waals surface area contributed by atoms with Gasteiger partial charge in [-0.25, -0.2) is 0 Å². The summed E-state index contributed by atoms with van der Waals surface area (Å²) in [6.07, 6.45) is 3.12. The zero-order valence-corrected chi connectivity index (χ0v) is 11.6. The Morgan fingerprint density at radius 1 is 1.25 bits per heavy atom. The summed E-state index contributed by atoms with van der Waals surface area (Å²) < 4.78 is 11.3. The van der Waals surface area contributed by atoms with Crippen molar-refractivity contribution in [3.8, 4) is 6.07 Å². The maximum atomic E-state index is 12.3. The molecule has 0 saturated carbocycles. The van der Waals surface area contributed by atoms with E-state index < -0.39 is 16.7 Å². The van der Waals surface area contributed by atoms with Gasteiger partial charge >= 0.3 is 0 Å². The third-order valence-corrected chi connectivity index (χ3v) is 3.78. The predicted molar refractivity (Wildman–Crippen MR) is 75.7 cm³/mol. The summed E-state index contributed by atoms with van der Waals surface area (Å²) in [6.45, 7) is 0. The molecule has 2 atom stereocenters. The van der Waals surface area contributed by atoms with Gasteiger partial charge in [0.2, 0.25) is 0 Å². The molecular weight excluding hydrogens is 272 g/mol. The van der Waals surface area contributed by atoms with Crippen molar-refractivity contribution in [2.75, 3.05) is 6.26 Å². The van der Waals surface area contributed by atoms with Gasteiger partial charge in [0.05, 0.1) is 11.8 Å². The van der Waals surface area contributed by atoms with Crippen LogP contribution < -0.4 is 0 Å². The molecule has 0 aliphatic heterocycles. The molecule has 0 amide bonds. The molecule has 100 valence electrons. The summed E-state index contributed by atoms with van der Waals surface area (Å²) in [5, 5.41) is 9.19. The van der Waals surface area contributed by atoms with Gasteiger partial charge in [-0.15, -0.1) is 0 Å². The van der Waals surface area contributed by atoms with Crippen molar-refractivity contribution >= 4 is 16.6 Å². The molecule has 0 fully saturated rings. The Morgan fingerprint density at radius 2 is 1.95 bits per heavy atom. The van der Waals surface area contributed by atoms with Crippen molar-refractivity contribution in [3.63, 3.8) is 0 Å². The Kier molecular flexibility index (Phi) is 4.38. The molecule has 2 rings (SSSR count). The molecule has 0 unspecified atom stereocenters. The number of benzene rings is 1. The topological polar surface area (TPSA) is 70.8 Å². The van der Waals surface area contributed by atoms with Gasteiger partial charge in [0.25, 0.3) is 0 Å². The van der Waals surface area contributed by atoms with Crippen LogP contribution >= 0.6 is 0 Å². The minimum atomic E-state index is -1.09. The molecule has 1 aromatic heterocycles. The summed E-state index contributed by atoms with van der Waals surface area (Å²) >= 11 is 0. The van der Waals surface area contributed by atoms with E-state index in [1.165, 1.54) is 0 Å². The molecule has 1 aromatic carbocycles. The second-order valence-corrected chi connectivity index (χ2v) is 5.54. The normalized spacial score (nSPS) is 13.2. The van der Waals surface area contributed by atoms with E-state index in [0.717, 1.165) is 0 Å². The summed E-state index contributed by atoms with van der Waals surface area (Å²) in [7, 11) is -1.09. The number of pyridine rings is 1. The first kappa shape index (κ1) is 14.1. The van der Waals surface area contributed by atoms with Gasteiger partial charge in [0.1, 0.15) is 0 Å². The highest BCUT2D eigenvalue weighted by atomic mass is 32.2. The van der Waals surface area contributed by atoms with E-state index in [0.29, 0.717) is 16.2 Å². The lowest BCUT2D eigenvalue weighted by molar-refractivity contribution is 0.0977. The first-order valence-electron chi connectivity index (χ1n) is 5.91. The summed E-state index contributed by atoms with van der Waals surface area (Å²) in [5.41, 5.74) is 0.847. The van der Waals surface area contributed by atoms with Crippen molar-refractivity contribution in [2.45, 2.75) is 10.8 Å². The first-order valence-corrected chi connectivity index (χ1v) is 7.47. The SMILES string of the molecule is C[S@@](=O)c1ccc(C(=O)[C@@H](C#N)c2ccccn2)cc1. The Morgan fingerprint density at radius 3 is 2.45 bits per heavy atom. The molecular formula is C15H12N2O2S. The van der Waals surface area contributed by atoms with Crippen LogP contribution in [0.3, 0.4) is 0 Å². The van der Waals surface area contributed by atoms with Gasteiger partial charge in [-0.05, 0) is 24.3 Å². The summed E-state index contributed by atoms with van der Waals surface area (Å²) in [5.74, 6) is -1.23. The smallest absolute Gasteiger partial charge is 0.186 e. The van der Waals surface area contributed by atoms with Crippen molar-refractivity contribution in [2.24, 2.45) is 0 Å². The lowest BCUT2D eigenvalue weighted by Gasteiger charge is -2.07. The van der Waals surface area contributed by atoms with E-state index in [-0.39, 0.29) is 5.78 Å². The number of carbonyl (C=O) groups is 1. The Hall–Kier alpha value is -2.32. The van der Waals surface area contributed by atoms with Gasteiger partial charge in [-0.1, -0.05) is 18.2 Å². The molecule has 0 bridgehead atoms. The first-order chi connectivity index (χ1) is 9.63. The molecule has 0 aliphatic rings. The summed E-state index contributed by atoms with van der Waals surface area (Å²) in [4.78, 5) is 17.0. The fourth-order valence-corrected chi connectivity index (χ4v) is 2.30. The molecule has 20 heavy (non-hydrogen) atoms. The highest BCUT2D eigenvalue weighted by molar-refractivity contribution is 7.84. The van der Waals surface area contributed by atoms with Crippen LogP contribution in [0.2, 0.25) is 0 Å². The van der Waals surface area contributed by atoms with Crippen LogP contribution in [-0.2, 0) is 10.8 Å². The van der Waals surface area contributed by atoms with Crippen LogP contribution in [-0.4, -0.2) is 21.2 Å². The van der Waals surface area contributed by atoms with E-state index in [2.05, 4.69) is 4.98 Å². The maximum Gasteiger partial charge on any atom is 0.186 e. The third-order valence-electron chi connectivity index (χ3n) is 2.85. The Balaban J connectivity index is 2.30. The van der Waals surface area contributed by atoms with Crippen LogP contribution in [0.1, 0.15) is 22.0 Å². The van der Waals surface area contributed by atoms with Crippen molar-refractivity contribution < 1.29 is 9.00 Å². The molecule has 1 heterocycles. The van der Waals surface area contributed by atoms with Gasteiger partial charge < -0.3 is 0 Å². The number of aromatic nitrogens is 1. The number of carbonyl (C=O) groups excluding carboxylic acids is 1. The molecule has 0 aliphatic carbocycles. The van der Waals surface area contributed by atoms with Crippen LogP contribution in [0, 0.1) is 11.3 Å². The van der Waals surface area contributed by atoms with Gasteiger partial charge in [-0.2, -0.15) is 5.26 Å². The fraction of sp³-hybridized carbons (Fsp3) is 0.133. The Bertz CT molecular complexity index is 675. The third kappa shape index (κ3) is 2.98. The van der Waals surface area contributed by atoms with Crippen LogP contribution in [0.5, 0.6) is 0 Å². The molecule has 0 N–H and O–H groups in total. The standard InChI is InChI=1S/C15H12N2O2S/c1-20(19)12-7-5-11(6-8-12)15(18)13(10-16)14-4-2-3-9-17-14/h2-9,13H,1H3/t13-,20+/m0/s1. The lowest BCUT2D eigenvalue weighted by atomic mass is 9.95. The van der Waals surface area contributed by atoms with E-state index >= 15 is 0 Å². The molecule has 0 spiro atoms. The van der Waals surface area contributed by atoms with Crippen LogP contribution in [0.4, 0.5) is 0 Å². The summed E-state index contributed by atoms with van der Waals surface area (Å²) in [6, 6.07) is 13.6. The average Bonchev–Trinajstić information content (AvgIpc) is 2.49. The van der Waals surface area contributed by atoms with Crippen molar-refractivity contribution in [1.82, 2.24) is 4.98 Å². The maximum absolute atomic E-state index is 12.3. The highest BCUT2D eigenvalue weighted by Gasteiger charge is 2.22. The number of rotatable bonds is 4. The molecule has 4 nitrogen and oxygen atoms in total. The van der Waals surface area contributed by atoms with Crippen molar-refractivity contribution in [3.05, 3.63) is 59.9 Å². The lowest BCUT2D eigenvalue weighted by Crippen LogP contribution is -2.12. The van der Waals surface area contributed by atoms with Crippen LogP contribution in [0.15, 0.2) is 53.6 Å². The number of ketones is 1. The van der Waals surface area contributed by atoms with Crippen LogP contribution in [0.25, 0.3) is 0 Å². The van der Waals surface area contributed by atoms with Gasteiger partial charge in [0, 0.05) is 33.7 Å². The molecule has 2 aromatic rings. The highest BCUT2D eigenvalue weighted by Crippen LogP contribution is 2.19. The van der Waals surface area contributed by atoms with Gasteiger partial charge in [0.15, 0.2) is 11.7 Å². The minimum absolute atomic E-state index is 0.306. The molecule has 5 heteroatoms. The predicted octanol–water partition coefficient (Wildman–Crippen LogP) is 2.31. The van der Waals surface area contributed by atoms with Gasteiger partial charge in [-0.3, -0.25) is 14.0 Å². The monoisotopic (exact) mass is 284 g/mol. The molecule has 0 saturated heterocycles. The number of hydrogen-bond acceptors (Lipinski definition) is 4.